The lowest BCUT2D eigenvalue weighted by molar-refractivity contribution is 0.275. The molecule has 1 fully saturated rings. The van der Waals surface area contributed by atoms with Crippen molar-refractivity contribution in [2.75, 3.05) is 18.2 Å². The number of aromatic nitrogens is 2. The molecule has 0 radical (unpaired) electrons. The molecule has 5 heteroatoms. The van der Waals surface area contributed by atoms with Crippen LogP contribution in [0.25, 0.3) is 0 Å². The fourth-order valence-electron chi connectivity index (χ4n) is 1.32. The molecule has 1 saturated carbocycles. The van der Waals surface area contributed by atoms with Gasteiger partial charge in [-0.15, -0.1) is 22.0 Å². The largest absolute Gasteiger partial charge is 0.396 e. The molecule has 1 aromatic rings. The summed E-state index contributed by atoms with van der Waals surface area (Å²) in [7, 11) is 0. The SMILES string of the molecule is CSc1ccc(NC2CC2CO)nn1. The summed E-state index contributed by atoms with van der Waals surface area (Å²) < 4.78 is 0. The maximum Gasteiger partial charge on any atom is 0.148 e. The van der Waals surface area contributed by atoms with Crippen molar-refractivity contribution in [3.05, 3.63) is 12.1 Å². The zero-order chi connectivity index (χ0) is 9.97. The van der Waals surface area contributed by atoms with Crippen LogP contribution in [0.1, 0.15) is 6.42 Å². The number of rotatable bonds is 4. The molecule has 1 aromatic heterocycles. The van der Waals surface area contributed by atoms with Crippen LogP contribution in [0.4, 0.5) is 5.82 Å². The highest BCUT2D eigenvalue weighted by molar-refractivity contribution is 7.98. The summed E-state index contributed by atoms with van der Waals surface area (Å²) in [6.45, 7) is 0.258. The van der Waals surface area contributed by atoms with E-state index in [0.29, 0.717) is 12.0 Å². The highest BCUT2D eigenvalue weighted by Crippen LogP contribution is 2.32. The lowest BCUT2D eigenvalue weighted by Gasteiger charge is -2.03. The second kappa shape index (κ2) is 4.14. The van der Waals surface area contributed by atoms with Gasteiger partial charge in [0.25, 0.3) is 0 Å². The van der Waals surface area contributed by atoms with Crippen molar-refractivity contribution in [3.63, 3.8) is 0 Å². The van der Waals surface area contributed by atoms with E-state index >= 15 is 0 Å². The van der Waals surface area contributed by atoms with Crippen molar-refractivity contribution >= 4 is 17.6 Å². The van der Waals surface area contributed by atoms with Crippen LogP contribution in [0.5, 0.6) is 0 Å². The number of nitrogens with zero attached hydrogens (tertiary/aromatic N) is 2. The van der Waals surface area contributed by atoms with Crippen molar-refractivity contribution in [1.29, 1.82) is 0 Å². The van der Waals surface area contributed by atoms with Gasteiger partial charge < -0.3 is 10.4 Å². The molecule has 1 aliphatic rings. The van der Waals surface area contributed by atoms with Crippen LogP contribution in [0.3, 0.4) is 0 Å². The van der Waals surface area contributed by atoms with Crippen LogP contribution in [0, 0.1) is 5.92 Å². The first-order chi connectivity index (χ1) is 6.83. The molecule has 4 nitrogen and oxygen atoms in total. The van der Waals surface area contributed by atoms with Crippen LogP contribution >= 0.6 is 11.8 Å². The summed E-state index contributed by atoms with van der Waals surface area (Å²) in [4.78, 5) is 0. The van der Waals surface area contributed by atoms with E-state index in [-0.39, 0.29) is 6.61 Å². The summed E-state index contributed by atoms with van der Waals surface area (Å²) in [6.07, 6.45) is 3.00. The highest BCUT2D eigenvalue weighted by Gasteiger charge is 2.36. The van der Waals surface area contributed by atoms with E-state index in [4.69, 9.17) is 5.11 Å². The van der Waals surface area contributed by atoms with Gasteiger partial charge in [0.2, 0.25) is 0 Å². The number of thioether (sulfide) groups is 1. The Morgan fingerprint density at radius 1 is 1.57 bits per heavy atom. The Labute approximate surface area is 87.1 Å². The molecule has 2 unspecified atom stereocenters. The highest BCUT2D eigenvalue weighted by atomic mass is 32.2. The van der Waals surface area contributed by atoms with Crippen LogP contribution < -0.4 is 5.32 Å². The average molecular weight is 211 g/mol. The quantitative estimate of drug-likeness (QED) is 0.727. The van der Waals surface area contributed by atoms with E-state index in [2.05, 4.69) is 15.5 Å². The standard InChI is InChI=1S/C9H13N3OS/c1-14-9-3-2-8(11-12-9)10-7-4-6(7)5-13/h2-3,6-7,13H,4-5H2,1H3,(H,10,11). The first kappa shape index (κ1) is 9.73. The molecule has 14 heavy (non-hydrogen) atoms. The topological polar surface area (TPSA) is 58.0 Å². The van der Waals surface area contributed by atoms with Crippen LogP contribution in [0.2, 0.25) is 0 Å². The number of hydrogen-bond donors (Lipinski definition) is 2. The number of aliphatic hydroxyl groups excluding tert-OH is 1. The smallest absolute Gasteiger partial charge is 0.148 e. The number of hydrogen-bond acceptors (Lipinski definition) is 5. The van der Waals surface area contributed by atoms with E-state index < -0.39 is 0 Å². The zero-order valence-corrected chi connectivity index (χ0v) is 8.79. The summed E-state index contributed by atoms with van der Waals surface area (Å²) in [5, 5.41) is 21.1. The Bertz CT molecular complexity index is 303. The van der Waals surface area contributed by atoms with Gasteiger partial charge in [0.15, 0.2) is 0 Å². The summed E-state index contributed by atoms with van der Waals surface area (Å²) in [5.74, 6) is 1.20. The Morgan fingerprint density at radius 3 is 2.93 bits per heavy atom. The lowest BCUT2D eigenvalue weighted by atomic mass is 10.4. The molecular weight excluding hydrogens is 198 g/mol. The van der Waals surface area contributed by atoms with E-state index in [1.807, 2.05) is 18.4 Å². The van der Waals surface area contributed by atoms with Gasteiger partial charge in [-0.25, -0.2) is 0 Å². The molecule has 1 aliphatic carbocycles. The molecule has 0 bridgehead atoms. The van der Waals surface area contributed by atoms with Crippen molar-refractivity contribution in [2.24, 2.45) is 5.92 Å². The minimum absolute atomic E-state index is 0.258. The predicted molar refractivity (Wildman–Crippen MR) is 56.4 cm³/mol. The Balaban J connectivity index is 1.91. The Hall–Kier alpha value is -0.810. The Morgan fingerprint density at radius 2 is 2.43 bits per heavy atom. The maximum atomic E-state index is 8.86. The normalized spacial score (nSPS) is 24.7. The molecule has 0 spiro atoms. The average Bonchev–Trinajstić information content (AvgIpc) is 2.98. The van der Waals surface area contributed by atoms with Gasteiger partial charge in [-0.1, -0.05) is 0 Å². The number of nitrogens with one attached hydrogen (secondary N) is 1. The first-order valence-electron chi connectivity index (χ1n) is 4.58. The summed E-state index contributed by atoms with van der Waals surface area (Å²) >= 11 is 1.58. The summed E-state index contributed by atoms with van der Waals surface area (Å²) in [5.41, 5.74) is 0. The monoisotopic (exact) mass is 211 g/mol. The minimum atomic E-state index is 0.258. The lowest BCUT2D eigenvalue weighted by Crippen LogP contribution is -2.08. The number of anilines is 1. The van der Waals surface area contributed by atoms with Crippen molar-refractivity contribution in [2.45, 2.75) is 17.5 Å². The van der Waals surface area contributed by atoms with E-state index in [1.54, 1.807) is 11.8 Å². The fourth-order valence-corrected chi connectivity index (χ4v) is 1.65. The molecule has 2 rings (SSSR count). The molecule has 0 saturated heterocycles. The van der Waals surface area contributed by atoms with Crippen LogP contribution in [0.15, 0.2) is 17.2 Å². The van der Waals surface area contributed by atoms with Crippen LogP contribution in [-0.4, -0.2) is 34.2 Å². The van der Waals surface area contributed by atoms with Crippen LogP contribution in [-0.2, 0) is 0 Å². The molecule has 0 aliphatic heterocycles. The third kappa shape index (κ3) is 2.16. The number of aliphatic hydroxyl groups is 1. The van der Waals surface area contributed by atoms with Gasteiger partial charge in [-0.05, 0) is 24.8 Å². The fraction of sp³-hybridized carbons (Fsp3) is 0.556. The first-order valence-corrected chi connectivity index (χ1v) is 5.81. The van der Waals surface area contributed by atoms with Gasteiger partial charge in [0, 0.05) is 18.6 Å². The minimum Gasteiger partial charge on any atom is -0.396 e. The van der Waals surface area contributed by atoms with E-state index in [1.165, 1.54) is 0 Å². The molecule has 76 valence electrons. The molecule has 0 aromatic carbocycles. The van der Waals surface area contributed by atoms with Gasteiger partial charge >= 0.3 is 0 Å². The molecule has 2 N–H and O–H groups in total. The molecule has 1 heterocycles. The molecule has 0 amide bonds. The van der Waals surface area contributed by atoms with Gasteiger partial charge in [0.05, 0.1) is 0 Å². The van der Waals surface area contributed by atoms with E-state index in [0.717, 1.165) is 17.3 Å². The Kier molecular flexibility index (Phi) is 2.88. The van der Waals surface area contributed by atoms with Crippen molar-refractivity contribution < 1.29 is 5.11 Å². The molecular formula is C9H13N3OS. The van der Waals surface area contributed by atoms with E-state index in [9.17, 15) is 0 Å². The second-order valence-electron chi connectivity index (χ2n) is 3.39. The molecule has 2 atom stereocenters. The third-order valence-corrected chi connectivity index (χ3v) is 2.98. The summed E-state index contributed by atoms with van der Waals surface area (Å²) in [6, 6.07) is 4.25. The van der Waals surface area contributed by atoms with Crippen molar-refractivity contribution in [3.8, 4) is 0 Å². The van der Waals surface area contributed by atoms with Gasteiger partial charge in [0.1, 0.15) is 10.8 Å². The maximum absolute atomic E-state index is 8.86. The predicted octanol–water partition coefficient (Wildman–Crippen LogP) is 0.991. The second-order valence-corrected chi connectivity index (χ2v) is 4.22. The third-order valence-electron chi connectivity index (χ3n) is 2.34. The van der Waals surface area contributed by atoms with Gasteiger partial charge in [-0.2, -0.15) is 0 Å². The zero-order valence-electron chi connectivity index (χ0n) is 7.97. The van der Waals surface area contributed by atoms with Crippen molar-refractivity contribution in [1.82, 2.24) is 10.2 Å². The van der Waals surface area contributed by atoms with Gasteiger partial charge in [-0.3, -0.25) is 0 Å².